The molecule has 13 heteroatoms. The molecule has 1 unspecified atom stereocenters. The highest BCUT2D eigenvalue weighted by Crippen LogP contribution is 2.36. The van der Waals surface area contributed by atoms with Gasteiger partial charge in [-0.15, -0.1) is 0 Å². The van der Waals surface area contributed by atoms with E-state index in [1.165, 1.54) is 19.2 Å². The number of fused-ring (bicyclic) bond motifs is 1. The van der Waals surface area contributed by atoms with E-state index in [9.17, 15) is 27.2 Å². The van der Waals surface area contributed by atoms with Crippen LogP contribution in [0.25, 0.3) is 22.2 Å². The number of hydrogen-bond donors (Lipinski definition) is 3. The van der Waals surface area contributed by atoms with Crippen LogP contribution in [0.2, 0.25) is 0 Å². The highest BCUT2D eigenvalue weighted by molar-refractivity contribution is 5.99. The van der Waals surface area contributed by atoms with E-state index in [0.29, 0.717) is 15.8 Å². The number of H-pyrrole nitrogens is 1. The van der Waals surface area contributed by atoms with E-state index in [2.05, 4.69) is 20.6 Å². The fourth-order valence-electron chi connectivity index (χ4n) is 3.65. The number of amides is 1. The number of carbonyl (C=O) groups is 1. The van der Waals surface area contributed by atoms with Crippen molar-refractivity contribution in [3.05, 3.63) is 69.8 Å². The second kappa shape index (κ2) is 9.32. The van der Waals surface area contributed by atoms with Gasteiger partial charge in [-0.3, -0.25) is 9.59 Å². The van der Waals surface area contributed by atoms with E-state index in [1.807, 2.05) is 0 Å². The quantitative estimate of drug-likeness (QED) is 0.345. The summed E-state index contributed by atoms with van der Waals surface area (Å²) < 4.78 is 59.5. The number of rotatable bonds is 6. The average Bonchev–Trinajstić information content (AvgIpc) is 3.26. The molecule has 36 heavy (non-hydrogen) atoms. The Morgan fingerprint density at radius 2 is 1.92 bits per heavy atom. The number of ether oxygens (including phenoxy) is 1. The van der Waals surface area contributed by atoms with Gasteiger partial charge in [0.25, 0.3) is 11.5 Å². The van der Waals surface area contributed by atoms with Gasteiger partial charge in [-0.2, -0.15) is 23.4 Å². The molecule has 2 aromatic carbocycles. The number of hydrogen-bond acceptors (Lipinski definition) is 6. The lowest BCUT2D eigenvalue weighted by Gasteiger charge is -2.16. The fraction of sp³-hybridized carbons (Fsp3) is 0.217. The third kappa shape index (κ3) is 4.59. The van der Waals surface area contributed by atoms with Crippen molar-refractivity contribution in [1.29, 1.82) is 0 Å². The molecule has 4 aromatic rings. The second-order valence-corrected chi connectivity index (χ2v) is 7.90. The van der Waals surface area contributed by atoms with E-state index in [4.69, 9.17) is 10.5 Å². The number of benzene rings is 2. The van der Waals surface area contributed by atoms with Gasteiger partial charge in [0.2, 0.25) is 0 Å². The largest absolute Gasteiger partial charge is 0.496 e. The lowest BCUT2D eigenvalue weighted by molar-refractivity contribution is -0.164. The van der Waals surface area contributed by atoms with Crippen LogP contribution in [0.15, 0.2) is 47.3 Å². The van der Waals surface area contributed by atoms with Crippen molar-refractivity contribution in [3.8, 4) is 17.0 Å². The number of alkyl halides is 3. The second-order valence-electron chi connectivity index (χ2n) is 7.90. The van der Waals surface area contributed by atoms with Gasteiger partial charge >= 0.3 is 6.18 Å². The zero-order valence-electron chi connectivity index (χ0n) is 19.0. The van der Waals surface area contributed by atoms with Gasteiger partial charge < -0.3 is 15.8 Å². The Labute approximate surface area is 200 Å². The van der Waals surface area contributed by atoms with E-state index in [0.717, 1.165) is 13.0 Å². The Morgan fingerprint density at radius 1 is 1.22 bits per heavy atom. The van der Waals surface area contributed by atoms with E-state index in [1.54, 1.807) is 24.3 Å². The van der Waals surface area contributed by atoms with E-state index in [-0.39, 0.29) is 40.3 Å². The summed E-state index contributed by atoms with van der Waals surface area (Å²) in [6.45, 7) is 0.952. The van der Waals surface area contributed by atoms with Crippen molar-refractivity contribution in [1.82, 2.24) is 25.3 Å². The molecule has 2 heterocycles. The molecule has 0 fully saturated rings. The van der Waals surface area contributed by atoms with Crippen LogP contribution in [-0.2, 0) is 6.54 Å². The number of nitrogens with one attached hydrogen (secondary N) is 2. The van der Waals surface area contributed by atoms with Gasteiger partial charge in [0.1, 0.15) is 28.8 Å². The molecule has 4 N–H and O–H groups in total. The number of anilines is 1. The highest BCUT2D eigenvalue weighted by Gasteiger charge is 2.40. The standard InChI is InChI=1S/C23H20F4N6O3/c1-11(23(25,26)27)33-19-17(20(28)30-31-22(19)35)18(32-33)13-5-3-12(4-6-13)10-29-21(34)15-9-14(24)7-8-16(15)36-2/h3-9,11H,10H2,1-2H3,(H2,28,30)(H,29,34)(H,31,35). The highest BCUT2D eigenvalue weighted by atomic mass is 19.4. The molecule has 1 amide bonds. The first kappa shape index (κ1) is 24.7. The third-order valence-electron chi connectivity index (χ3n) is 5.59. The Morgan fingerprint density at radius 3 is 2.56 bits per heavy atom. The summed E-state index contributed by atoms with van der Waals surface area (Å²) in [5.74, 6) is -1.12. The van der Waals surface area contributed by atoms with Crippen LogP contribution < -0.4 is 21.3 Å². The SMILES string of the molecule is COc1ccc(F)cc1C(=O)NCc1ccc(-c2nn(C(C)C(F)(F)F)c3c(=O)[nH]nc(N)c23)cc1. The maximum Gasteiger partial charge on any atom is 0.410 e. The first-order chi connectivity index (χ1) is 17.0. The van der Waals surface area contributed by atoms with Gasteiger partial charge in [-0.25, -0.2) is 14.2 Å². The number of aromatic amines is 1. The number of nitrogens with zero attached hydrogens (tertiary/aromatic N) is 3. The topological polar surface area (TPSA) is 128 Å². The average molecular weight is 504 g/mol. The van der Waals surface area contributed by atoms with Crippen LogP contribution >= 0.6 is 0 Å². The predicted molar refractivity (Wildman–Crippen MR) is 123 cm³/mol. The van der Waals surface area contributed by atoms with Crippen molar-refractivity contribution < 1.29 is 27.1 Å². The number of methoxy groups -OCH3 is 1. The molecule has 0 spiro atoms. The summed E-state index contributed by atoms with van der Waals surface area (Å²) in [6, 6.07) is 7.84. The van der Waals surface area contributed by atoms with Crippen LogP contribution in [0.5, 0.6) is 5.75 Å². The molecule has 0 bridgehead atoms. The fourth-order valence-corrected chi connectivity index (χ4v) is 3.65. The van der Waals surface area contributed by atoms with E-state index < -0.39 is 29.5 Å². The lowest BCUT2D eigenvalue weighted by Crippen LogP contribution is -2.27. The molecule has 188 valence electrons. The van der Waals surface area contributed by atoms with Crippen LogP contribution in [0.1, 0.15) is 28.9 Å². The number of aromatic nitrogens is 4. The molecule has 0 aliphatic rings. The minimum atomic E-state index is -4.66. The van der Waals surface area contributed by atoms with Crippen LogP contribution in [0.4, 0.5) is 23.4 Å². The molecule has 0 saturated heterocycles. The molecule has 0 aliphatic heterocycles. The third-order valence-corrected chi connectivity index (χ3v) is 5.59. The Kier molecular flexibility index (Phi) is 6.39. The normalized spacial score (nSPS) is 12.5. The van der Waals surface area contributed by atoms with Crippen molar-refractivity contribution in [2.45, 2.75) is 25.7 Å². The predicted octanol–water partition coefficient (Wildman–Crippen LogP) is 3.57. The Bertz CT molecular complexity index is 1490. The zero-order valence-corrected chi connectivity index (χ0v) is 19.0. The lowest BCUT2D eigenvalue weighted by atomic mass is 10.1. The van der Waals surface area contributed by atoms with Crippen molar-refractivity contribution in [2.24, 2.45) is 0 Å². The van der Waals surface area contributed by atoms with Gasteiger partial charge in [0.05, 0.1) is 18.1 Å². The van der Waals surface area contributed by atoms with Crippen LogP contribution in [0, 0.1) is 5.82 Å². The molecule has 9 nitrogen and oxygen atoms in total. The van der Waals surface area contributed by atoms with Crippen molar-refractivity contribution >= 4 is 22.6 Å². The number of halogens is 4. The molecule has 0 radical (unpaired) electrons. The molecule has 0 saturated carbocycles. The maximum atomic E-state index is 13.6. The van der Waals surface area contributed by atoms with Gasteiger partial charge in [-0.05, 0) is 30.7 Å². The summed E-state index contributed by atoms with van der Waals surface area (Å²) in [7, 11) is 1.36. The molecular formula is C23H20F4N6O3. The van der Waals surface area contributed by atoms with Gasteiger partial charge in [0.15, 0.2) is 5.82 Å². The van der Waals surface area contributed by atoms with E-state index >= 15 is 0 Å². The summed E-state index contributed by atoms with van der Waals surface area (Å²) >= 11 is 0. The first-order valence-corrected chi connectivity index (χ1v) is 10.6. The minimum Gasteiger partial charge on any atom is -0.496 e. The van der Waals surface area contributed by atoms with Crippen LogP contribution in [0.3, 0.4) is 0 Å². The number of carbonyl (C=O) groups excluding carboxylic acids is 1. The summed E-state index contributed by atoms with van der Waals surface area (Å²) in [4.78, 5) is 24.8. The van der Waals surface area contributed by atoms with Gasteiger partial charge in [0, 0.05) is 12.1 Å². The number of nitrogen functional groups attached to an aromatic ring is 1. The molecule has 2 aromatic heterocycles. The zero-order chi connectivity index (χ0) is 26.2. The summed E-state index contributed by atoms with van der Waals surface area (Å²) in [6.07, 6.45) is -4.66. The summed E-state index contributed by atoms with van der Waals surface area (Å²) in [5, 5.41) is 12.5. The monoisotopic (exact) mass is 504 g/mol. The van der Waals surface area contributed by atoms with Crippen LogP contribution in [-0.4, -0.2) is 39.2 Å². The Balaban J connectivity index is 1.63. The Hall–Kier alpha value is -4.42. The first-order valence-electron chi connectivity index (χ1n) is 10.6. The number of nitrogens with two attached hydrogens (primary N) is 1. The molecule has 0 aliphatic carbocycles. The maximum absolute atomic E-state index is 13.6. The molecule has 4 rings (SSSR count). The smallest absolute Gasteiger partial charge is 0.410 e. The molecular weight excluding hydrogens is 484 g/mol. The minimum absolute atomic E-state index is 0.00546. The van der Waals surface area contributed by atoms with Crippen molar-refractivity contribution in [3.63, 3.8) is 0 Å². The van der Waals surface area contributed by atoms with Crippen molar-refractivity contribution in [2.75, 3.05) is 12.8 Å². The summed E-state index contributed by atoms with van der Waals surface area (Å²) in [5.41, 5.74) is 5.78. The van der Waals surface area contributed by atoms with Gasteiger partial charge in [-0.1, -0.05) is 24.3 Å². The molecule has 1 atom stereocenters.